The molecule has 0 bridgehead atoms. The van der Waals surface area contributed by atoms with Crippen LogP contribution >= 0.6 is 11.3 Å². The van der Waals surface area contributed by atoms with Crippen molar-refractivity contribution < 1.29 is 24.2 Å². The summed E-state index contributed by atoms with van der Waals surface area (Å²) < 4.78 is 13.9. The Morgan fingerprint density at radius 1 is 0.917 bits per heavy atom. The Balaban J connectivity index is 1.33. The number of unbranched alkanes of at least 4 members (excludes halogenated alkanes) is 1. The highest BCUT2D eigenvalue weighted by Gasteiger charge is 2.29. The van der Waals surface area contributed by atoms with E-state index in [1.165, 1.54) is 13.8 Å². The number of aromatic nitrogens is 1. The summed E-state index contributed by atoms with van der Waals surface area (Å²) in [5.74, 6) is -0.115. The number of rotatable bonds is 11. The van der Waals surface area contributed by atoms with Crippen LogP contribution in [0.25, 0.3) is 10.2 Å². The predicted molar refractivity (Wildman–Crippen MR) is 139 cm³/mol. The fourth-order valence-corrected chi connectivity index (χ4v) is 4.66. The quantitative estimate of drug-likeness (QED) is 0.217. The molecule has 0 atom stereocenters. The summed E-state index contributed by atoms with van der Waals surface area (Å²) in [7, 11) is 0. The van der Waals surface area contributed by atoms with Crippen LogP contribution in [0.3, 0.4) is 0 Å². The lowest BCUT2D eigenvalue weighted by atomic mass is 10.0. The van der Waals surface area contributed by atoms with Crippen molar-refractivity contribution in [1.82, 2.24) is 4.57 Å². The molecule has 0 fully saturated rings. The van der Waals surface area contributed by atoms with Crippen molar-refractivity contribution in [3.63, 3.8) is 0 Å². The van der Waals surface area contributed by atoms with Gasteiger partial charge < -0.3 is 14.6 Å². The minimum Gasteiger partial charge on any atom is -0.493 e. The topological polar surface area (TPSA) is 94.8 Å². The summed E-state index contributed by atoms with van der Waals surface area (Å²) in [6.45, 7) is 3.96. The molecule has 1 N–H and O–H groups in total. The van der Waals surface area contributed by atoms with Gasteiger partial charge in [-0.1, -0.05) is 47.7 Å². The highest BCUT2D eigenvalue weighted by Crippen LogP contribution is 2.24. The van der Waals surface area contributed by atoms with Gasteiger partial charge in [0.05, 0.1) is 16.8 Å². The van der Waals surface area contributed by atoms with Gasteiger partial charge in [0, 0.05) is 23.7 Å². The zero-order valence-corrected chi connectivity index (χ0v) is 20.9. The van der Waals surface area contributed by atoms with E-state index >= 15 is 0 Å². The van der Waals surface area contributed by atoms with Gasteiger partial charge in [0.15, 0.2) is 11.4 Å². The van der Waals surface area contributed by atoms with E-state index in [1.807, 2.05) is 24.3 Å². The van der Waals surface area contributed by atoms with Crippen LogP contribution in [-0.4, -0.2) is 33.6 Å². The molecule has 4 rings (SSSR count). The van der Waals surface area contributed by atoms with E-state index in [9.17, 15) is 19.5 Å². The molecule has 0 saturated heterocycles. The van der Waals surface area contributed by atoms with Crippen molar-refractivity contribution in [3.8, 4) is 11.5 Å². The molecule has 0 amide bonds. The normalized spacial score (nSPS) is 11.4. The van der Waals surface area contributed by atoms with Gasteiger partial charge in [-0.05, 0) is 57.0 Å². The first-order chi connectivity index (χ1) is 17.2. The van der Waals surface area contributed by atoms with Gasteiger partial charge in [-0.25, -0.2) is 4.79 Å². The highest BCUT2D eigenvalue weighted by molar-refractivity contribution is 7.16. The second-order valence-corrected chi connectivity index (χ2v) is 9.84. The van der Waals surface area contributed by atoms with Crippen LogP contribution in [0.2, 0.25) is 0 Å². The van der Waals surface area contributed by atoms with E-state index < -0.39 is 11.6 Å². The van der Waals surface area contributed by atoms with E-state index in [4.69, 9.17) is 9.47 Å². The van der Waals surface area contributed by atoms with E-state index in [0.29, 0.717) is 35.8 Å². The van der Waals surface area contributed by atoms with Gasteiger partial charge in [-0.3, -0.25) is 14.2 Å². The van der Waals surface area contributed by atoms with E-state index in [1.54, 1.807) is 53.1 Å². The van der Waals surface area contributed by atoms with Crippen LogP contribution < -0.4 is 14.3 Å². The third kappa shape index (κ3) is 5.83. The maximum atomic E-state index is 12.7. The number of thiazole rings is 1. The first-order valence-electron chi connectivity index (χ1n) is 11.6. The molecule has 4 aromatic rings. The lowest BCUT2D eigenvalue weighted by molar-refractivity contribution is -0.152. The standard InChI is InChI=1S/C28H27NO6S/c1-28(2,26(31)32)35-22-12-8-11-21(18-22)34-16-7-6-15-29-23-14-13-20(17-24(23)36-27(29)33)25(30)19-9-4-3-5-10-19/h3-5,8-14,17-18H,6-7,15-16H2,1-2H3,(H,31,32). The maximum absolute atomic E-state index is 12.7. The molecule has 1 aromatic heterocycles. The van der Waals surface area contributed by atoms with Crippen molar-refractivity contribution in [1.29, 1.82) is 0 Å². The summed E-state index contributed by atoms with van der Waals surface area (Å²) in [6.07, 6.45) is 1.46. The molecule has 0 unspecified atom stereocenters. The van der Waals surface area contributed by atoms with Crippen molar-refractivity contribution in [2.75, 3.05) is 6.61 Å². The van der Waals surface area contributed by atoms with Crippen LogP contribution in [0, 0.1) is 0 Å². The number of benzene rings is 3. The average Bonchev–Trinajstić information content (AvgIpc) is 3.18. The van der Waals surface area contributed by atoms with Crippen LogP contribution in [-0.2, 0) is 11.3 Å². The molecule has 1 heterocycles. The van der Waals surface area contributed by atoms with Crippen LogP contribution in [0.4, 0.5) is 0 Å². The van der Waals surface area contributed by atoms with E-state index in [-0.39, 0.29) is 10.7 Å². The Morgan fingerprint density at radius 3 is 2.42 bits per heavy atom. The molecular formula is C28H27NO6S. The third-order valence-electron chi connectivity index (χ3n) is 5.70. The molecule has 7 nitrogen and oxygen atoms in total. The van der Waals surface area contributed by atoms with Crippen molar-refractivity contribution in [2.24, 2.45) is 0 Å². The molecule has 0 aliphatic heterocycles. The van der Waals surface area contributed by atoms with Gasteiger partial charge in [0.2, 0.25) is 0 Å². The lowest BCUT2D eigenvalue weighted by Crippen LogP contribution is -2.37. The average molecular weight is 506 g/mol. The van der Waals surface area contributed by atoms with Crippen molar-refractivity contribution in [3.05, 3.63) is 93.6 Å². The second kappa shape index (κ2) is 10.8. The zero-order chi connectivity index (χ0) is 25.7. The summed E-state index contributed by atoms with van der Waals surface area (Å²) in [5, 5.41) is 9.23. The zero-order valence-electron chi connectivity index (χ0n) is 20.1. The van der Waals surface area contributed by atoms with Crippen molar-refractivity contribution in [2.45, 2.75) is 38.8 Å². The fourth-order valence-electron chi connectivity index (χ4n) is 3.70. The fraction of sp³-hybridized carbons (Fsp3) is 0.250. The molecule has 3 aromatic carbocycles. The Kier molecular flexibility index (Phi) is 7.55. The molecule has 0 saturated carbocycles. The van der Waals surface area contributed by atoms with Crippen LogP contribution in [0.1, 0.15) is 42.6 Å². The summed E-state index contributed by atoms with van der Waals surface area (Å²) in [5.41, 5.74) is 0.659. The number of nitrogens with zero attached hydrogens (tertiary/aromatic N) is 1. The first-order valence-corrected chi connectivity index (χ1v) is 12.4. The number of hydrogen-bond donors (Lipinski definition) is 1. The molecule has 36 heavy (non-hydrogen) atoms. The smallest absolute Gasteiger partial charge is 0.347 e. The molecule has 186 valence electrons. The largest absolute Gasteiger partial charge is 0.493 e. The van der Waals surface area contributed by atoms with Gasteiger partial charge >= 0.3 is 10.8 Å². The monoisotopic (exact) mass is 505 g/mol. The number of aryl methyl sites for hydroxylation is 1. The third-order valence-corrected chi connectivity index (χ3v) is 6.65. The second-order valence-electron chi connectivity index (χ2n) is 8.85. The molecule has 0 spiro atoms. The minimum atomic E-state index is -1.34. The number of carbonyl (C=O) groups excluding carboxylic acids is 1. The maximum Gasteiger partial charge on any atom is 0.347 e. The summed E-state index contributed by atoms with van der Waals surface area (Å²) in [4.78, 5) is 36.5. The van der Waals surface area contributed by atoms with Crippen LogP contribution in [0.15, 0.2) is 77.6 Å². The molecule has 0 aliphatic rings. The minimum absolute atomic E-state index is 0.0545. The number of carboxylic acid groups (broad SMARTS) is 1. The van der Waals surface area contributed by atoms with Gasteiger partial charge in [-0.15, -0.1) is 0 Å². The Morgan fingerprint density at radius 2 is 1.67 bits per heavy atom. The molecule has 8 heteroatoms. The number of ether oxygens (including phenoxy) is 2. The Labute approximate surface area is 212 Å². The van der Waals surface area contributed by atoms with E-state index in [0.717, 1.165) is 34.4 Å². The number of ketones is 1. The SMILES string of the molecule is CC(C)(Oc1cccc(OCCCCn2c(=O)sc3cc(C(=O)c4ccccc4)ccc32)c1)C(=O)O. The Bertz CT molecular complexity index is 1440. The van der Waals surface area contributed by atoms with Gasteiger partial charge in [-0.2, -0.15) is 0 Å². The molecule has 0 radical (unpaired) electrons. The summed E-state index contributed by atoms with van der Waals surface area (Å²) in [6, 6.07) is 21.4. The Hall–Kier alpha value is -3.91. The number of hydrogen-bond acceptors (Lipinski definition) is 6. The first kappa shape index (κ1) is 25.2. The van der Waals surface area contributed by atoms with Gasteiger partial charge in [0.1, 0.15) is 11.5 Å². The number of carbonyl (C=O) groups is 2. The number of aliphatic carboxylic acids is 1. The number of fused-ring (bicyclic) bond motifs is 1. The van der Waals surface area contributed by atoms with Crippen molar-refractivity contribution >= 4 is 33.3 Å². The van der Waals surface area contributed by atoms with Gasteiger partial charge in [0.25, 0.3) is 0 Å². The lowest BCUT2D eigenvalue weighted by Gasteiger charge is -2.21. The van der Waals surface area contributed by atoms with Crippen LogP contribution in [0.5, 0.6) is 11.5 Å². The number of carboxylic acids is 1. The molecular weight excluding hydrogens is 478 g/mol. The van der Waals surface area contributed by atoms with E-state index in [2.05, 4.69) is 0 Å². The predicted octanol–water partition coefficient (Wildman–Crippen LogP) is 5.40. The molecule has 0 aliphatic carbocycles. The summed E-state index contributed by atoms with van der Waals surface area (Å²) >= 11 is 1.14. The highest BCUT2D eigenvalue weighted by atomic mass is 32.1.